The van der Waals surface area contributed by atoms with Gasteiger partial charge in [-0.15, -0.1) is 0 Å². The number of nitrogens with zero attached hydrogens (tertiary/aromatic N) is 1. The van der Waals surface area contributed by atoms with Crippen molar-refractivity contribution in [3.05, 3.63) is 62.5 Å². The van der Waals surface area contributed by atoms with Gasteiger partial charge in [-0.05, 0) is 56.1 Å². The standard InChI is InChI=1S/C14H11Br2N3O2/c15-10-5-2-6-11(16)12(10)18-14(20)9-4-1-3-8(7-9)13(17)19-21/h1-7,21H,(H2,17,19)(H,18,20). The Balaban J connectivity index is 2.29. The van der Waals surface area contributed by atoms with Gasteiger partial charge in [0.05, 0.1) is 5.69 Å². The molecule has 0 bridgehead atoms. The van der Waals surface area contributed by atoms with Gasteiger partial charge in [-0.2, -0.15) is 0 Å². The van der Waals surface area contributed by atoms with Gasteiger partial charge in [0.15, 0.2) is 5.84 Å². The number of nitrogens with one attached hydrogen (secondary N) is 1. The lowest BCUT2D eigenvalue weighted by Crippen LogP contribution is -2.16. The summed E-state index contributed by atoms with van der Waals surface area (Å²) in [6, 6.07) is 12.0. The van der Waals surface area contributed by atoms with Gasteiger partial charge in [0.25, 0.3) is 5.91 Å². The van der Waals surface area contributed by atoms with Crippen LogP contribution in [0, 0.1) is 0 Å². The fraction of sp³-hybridized carbons (Fsp3) is 0. The maximum Gasteiger partial charge on any atom is 0.255 e. The van der Waals surface area contributed by atoms with Gasteiger partial charge in [-0.3, -0.25) is 4.79 Å². The zero-order valence-electron chi connectivity index (χ0n) is 10.7. The number of anilines is 1. The van der Waals surface area contributed by atoms with Crippen LogP contribution in [-0.2, 0) is 0 Å². The number of nitrogens with two attached hydrogens (primary N) is 1. The summed E-state index contributed by atoms with van der Waals surface area (Å²) in [5.74, 6) is -0.345. The van der Waals surface area contributed by atoms with E-state index in [-0.39, 0.29) is 11.7 Å². The van der Waals surface area contributed by atoms with Crippen LogP contribution in [0.5, 0.6) is 0 Å². The number of oxime groups is 1. The highest BCUT2D eigenvalue weighted by Gasteiger charge is 2.12. The average Bonchev–Trinajstić information content (AvgIpc) is 2.50. The number of amidine groups is 1. The summed E-state index contributed by atoms with van der Waals surface area (Å²) < 4.78 is 1.52. The van der Waals surface area contributed by atoms with Crippen molar-refractivity contribution < 1.29 is 10.0 Å². The van der Waals surface area contributed by atoms with E-state index in [4.69, 9.17) is 10.9 Å². The van der Waals surface area contributed by atoms with E-state index in [0.29, 0.717) is 16.8 Å². The summed E-state index contributed by atoms with van der Waals surface area (Å²) in [5, 5.41) is 14.4. The lowest BCUT2D eigenvalue weighted by molar-refractivity contribution is 0.102. The molecule has 7 heteroatoms. The molecule has 0 saturated heterocycles. The minimum atomic E-state index is -0.296. The van der Waals surface area contributed by atoms with Gasteiger partial charge >= 0.3 is 0 Å². The molecular weight excluding hydrogens is 402 g/mol. The Morgan fingerprint density at radius 1 is 1.10 bits per heavy atom. The molecule has 0 spiro atoms. The minimum absolute atomic E-state index is 0.0493. The first-order chi connectivity index (χ1) is 10.0. The summed E-state index contributed by atoms with van der Waals surface area (Å²) >= 11 is 6.76. The summed E-state index contributed by atoms with van der Waals surface area (Å²) in [6.45, 7) is 0. The van der Waals surface area contributed by atoms with Crippen LogP contribution in [0.15, 0.2) is 56.6 Å². The molecule has 1 amide bonds. The predicted octanol–water partition coefficient (Wildman–Crippen LogP) is 3.56. The van der Waals surface area contributed by atoms with Gasteiger partial charge in [-0.1, -0.05) is 23.4 Å². The largest absolute Gasteiger partial charge is 0.409 e. The number of halogens is 2. The van der Waals surface area contributed by atoms with Crippen molar-refractivity contribution in [2.45, 2.75) is 0 Å². The van der Waals surface area contributed by atoms with Crippen molar-refractivity contribution in [3.63, 3.8) is 0 Å². The third-order valence-corrected chi connectivity index (χ3v) is 4.05. The van der Waals surface area contributed by atoms with E-state index < -0.39 is 0 Å². The molecule has 0 aliphatic heterocycles. The molecular formula is C14H11Br2N3O2. The van der Waals surface area contributed by atoms with Gasteiger partial charge in [0.1, 0.15) is 0 Å². The first kappa shape index (κ1) is 15.5. The van der Waals surface area contributed by atoms with Crippen molar-refractivity contribution in [1.29, 1.82) is 0 Å². The Kier molecular flexibility index (Phi) is 4.98. The highest BCUT2D eigenvalue weighted by molar-refractivity contribution is 9.11. The molecule has 0 radical (unpaired) electrons. The van der Waals surface area contributed by atoms with Gasteiger partial charge < -0.3 is 16.3 Å². The van der Waals surface area contributed by atoms with Crippen LogP contribution < -0.4 is 11.1 Å². The van der Waals surface area contributed by atoms with Crippen LogP contribution in [0.4, 0.5) is 5.69 Å². The lowest BCUT2D eigenvalue weighted by atomic mass is 10.1. The lowest BCUT2D eigenvalue weighted by Gasteiger charge is -2.10. The number of amides is 1. The average molecular weight is 413 g/mol. The van der Waals surface area contributed by atoms with Crippen LogP contribution in [0.1, 0.15) is 15.9 Å². The van der Waals surface area contributed by atoms with Crippen molar-refractivity contribution in [1.82, 2.24) is 0 Å². The number of hydrogen-bond acceptors (Lipinski definition) is 3. The van der Waals surface area contributed by atoms with E-state index in [2.05, 4.69) is 42.3 Å². The SMILES string of the molecule is N/C(=N/O)c1cccc(C(=O)Nc2c(Br)cccc2Br)c1. The number of hydrogen-bond donors (Lipinski definition) is 3. The maximum absolute atomic E-state index is 12.3. The molecule has 2 rings (SSSR count). The monoisotopic (exact) mass is 411 g/mol. The van der Waals surface area contributed by atoms with Gasteiger partial charge in [-0.25, -0.2) is 0 Å². The first-order valence-corrected chi connectivity index (χ1v) is 7.45. The predicted molar refractivity (Wildman–Crippen MR) is 88.7 cm³/mol. The van der Waals surface area contributed by atoms with E-state index >= 15 is 0 Å². The Labute approximate surface area is 138 Å². The normalized spacial score (nSPS) is 11.2. The van der Waals surface area contributed by atoms with Crippen LogP contribution >= 0.6 is 31.9 Å². The van der Waals surface area contributed by atoms with Crippen LogP contribution in [0.25, 0.3) is 0 Å². The Morgan fingerprint density at radius 2 is 1.67 bits per heavy atom. The molecule has 0 saturated carbocycles. The topological polar surface area (TPSA) is 87.7 Å². The van der Waals surface area contributed by atoms with Gasteiger partial charge in [0.2, 0.25) is 0 Å². The highest BCUT2D eigenvalue weighted by Crippen LogP contribution is 2.30. The first-order valence-electron chi connectivity index (χ1n) is 5.86. The Hall–Kier alpha value is -1.86. The second kappa shape index (κ2) is 6.73. The molecule has 0 atom stereocenters. The molecule has 0 heterocycles. The zero-order chi connectivity index (χ0) is 15.4. The molecule has 0 aromatic heterocycles. The maximum atomic E-state index is 12.3. The minimum Gasteiger partial charge on any atom is -0.409 e. The Bertz CT molecular complexity index is 697. The Morgan fingerprint density at radius 3 is 2.29 bits per heavy atom. The van der Waals surface area contributed by atoms with Crippen molar-refractivity contribution in [2.24, 2.45) is 10.9 Å². The summed E-state index contributed by atoms with van der Waals surface area (Å²) in [4.78, 5) is 12.3. The highest BCUT2D eigenvalue weighted by atomic mass is 79.9. The third kappa shape index (κ3) is 3.62. The van der Waals surface area contributed by atoms with Crippen molar-refractivity contribution in [2.75, 3.05) is 5.32 Å². The van der Waals surface area contributed by atoms with E-state index in [1.807, 2.05) is 18.2 Å². The fourth-order valence-corrected chi connectivity index (χ4v) is 2.88. The molecule has 108 valence electrons. The second-order valence-electron chi connectivity index (χ2n) is 4.12. The van der Waals surface area contributed by atoms with E-state index in [0.717, 1.165) is 8.95 Å². The number of carbonyl (C=O) groups excluding carboxylic acids is 1. The van der Waals surface area contributed by atoms with Crippen LogP contribution in [-0.4, -0.2) is 17.0 Å². The number of para-hydroxylation sites is 1. The molecule has 0 aliphatic carbocycles. The summed E-state index contributed by atoms with van der Waals surface area (Å²) in [7, 11) is 0. The van der Waals surface area contributed by atoms with E-state index in [1.165, 1.54) is 0 Å². The third-order valence-electron chi connectivity index (χ3n) is 2.73. The summed E-state index contributed by atoms with van der Waals surface area (Å²) in [6.07, 6.45) is 0. The fourth-order valence-electron chi connectivity index (χ4n) is 1.68. The van der Waals surface area contributed by atoms with Crippen LogP contribution in [0.2, 0.25) is 0 Å². The number of rotatable bonds is 3. The quantitative estimate of drug-likeness (QED) is 0.311. The molecule has 0 fully saturated rings. The smallest absolute Gasteiger partial charge is 0.255 e. The number of benzene rings is 2. The number of carbonyl (C=O) groups is 1. The molecule has 0 unspecified atom stereocenters. The molecule has 4 N–H and O–H groups in total. The van der Waals surface area contributed by atoms with Gasteiger partial charge in [0, 0.05) is 20.1 Å². The second-order valence-corrected chi connectivity index (χ2v) is 5.83. The molecule has 2 aromatic carbocycles. The molecule has 0 aliphatic rings. The molecule has 2 aromatic rings. The van der Waals surface area contributed by atoms with Crippen molar-refractivity contribution >= 4 is 49.3 Å². The van der Waals surface area contributed by atoms with E-state index in [1.54, 1.807) is 24.3 Å². The van der Waals surface area contributed by atoms with E-state index in [9.17, 15) is 4.79 Å². The zero-order valence-corrected chi connectivity index (χ0v) is 13.8. The van der Waals surface area contributed by atoms with Crippen molar-refractivity contribution in [3.8, 4) is 0 Å². The summed E-state index contributed by atoms with van der Waals surface area (Å²) in [5.41, 5.74) is 7.03. The van der Waals surface area contributed by atoms with Crippen LogP contribution in [0.3, 0.4) is 0 Å². The molecule has 21 heavy (non-hydrogen) atoms. The molecule has 5 nitrogen and oxygen atoms in total.